The number of carbonyl (C=O) groups is 1. The third-order valence-corrected chi connectivity index (χ3v) is 4.54. The first-order valence-electron chi connectivity index (χ1n) is 8.10. The highest BCUT2D eigenvalue weighted by Gasteiger charge is 2.31. The minimum atomic E-state index is 0.0820. The molecule has 0 saturated carbocycles. The molecule has 1 aromatic carbocycles. The molecule has 2 aromatic heterocycles. The summed E-state index contributed by atoms with van der Waals surface area (Å²) < 4.78 is 3.71. The Morgan fingerprint density at radius 2 is 2.08 bits per heavy atom. The molecular weight excluding hydrogens is 302 g/mol. The standard InChI is InChI=1S/C18H19N5O/c1-21-12-15(11-20-21)17-3-2-9-23(17)18(24)14-4-6-16(7-5-14)22-10-8-19-13-22/h4-8,10-13,17H,2-3,9H2,1H3. The van der Waals surface area contributed by atoms with Gasteiger partial charge in [-0.1, -0.05) is 0 Å². The number of amides is 1. The monoisotopic (exact) mass is 321 g/mol. The zero-order chi connectivity index (χ0) is 16.5. The summed E-state index contributed by atoms with van der Waals surface area (Å²) in [7, 11) is 1.90. The number of carbonyl (C=O) groups excluding carboxylic acids is 1. The van der Waals surface area contributed by atoms with Crippen LogP contribution in [0.3, 0.4) is 0 Å². The number of likely N-dealkylation sites (tertiary alicyclic amines) is 1. The molecule has 6 heteroatoms. The zero-order valence-corrected chi connectivity index (χ0v) is 13.5. The van der Waals surface area contributed by atoms with Crippen molar-refractivity contribution in [1.29, 1.82) is 0 Å². The van der Waals surface area contributed by atoms with Crippen molar-refractivity contribution in [1.82, 2.24) is 24.2 Å². The SMILES string of the molecule is Cn1cc(C2CCCN2C(=O)c2ccc(-n3ccnc3)cc2)cn1. The van der Waals surface area contributed by atoms with Crippen molar-refractivity contribution in [3.63, 3.8) is 0 Å². The lowest BCUT2D eigenvalue weighted by Gasteiger charge is -2.24. The predicted octanol–water partition coefficient (Wildman–Crippen LogP) is 2.58. The molecule has 0 N–H and O–H groups in total. The van der Waals surface area contributed by atoms with Gasteiger partial charge in [-0.25, -0.2) is 4.98 Å². The molecular formula is C18H19N5O. The van der Waals surface area contributed by atoms with Crippen LogP contribution in [-0.4, -0.2) is 36.7 Å². The molecule has 1 fully saturated rings. The summed E-state index contributed by atoms with van der Waals surface area (Å²) in [6, 6.07) is 7.79. The summed E-state index contributed by atoms with van der Waals surface area (Å²) in [6.45, 7) is 0.793. The first kappa shape index (κ1) is 14.7. The van der Waals surface area contributed by atoms with Crippen LogP contribution >= 0.6 is 0 Å². The molecule has 24 heavy (non-hydrogen) atoms. The summed E-state index contributed by atoms with van der Waals surface area (Å²) >= 11 is 0. The van der Waals surface area contributed by atoms with Crippen molar-refractivity contribution in [3.8, 4) is 5.69 Å². The minimum absolute atomic E-state index is 0.0820. The Labute approximate surface area is 140 Å². The number of benzene rings is 1. The Morgan fingerprint density at radius 3 is 2.75 bits per heavy atom. The Bertz CT molecular complexity index is 835. The van der Waals surface area contributed by atoms with E-state index < -0.39 is 0 Å². The van der Waals surface area contributed by atoms with Crippen molar-refractivity contribution in [3.05, 3.63) is 66.5 Å². The van der Waals surface area contributed by atoms with Crippen LogP contribution in [0.4, 0.5) is 0 Å². The number of aromatic nitrogens is 4. The fraction of sp³-hybridized carbons (Fsp3) is 0.278. The van der Waals surface area contributed by atoms with Crippen molar-refractivity contribution in [2.45, 2.75) is 18.9 Å². The Morgan fingerprint density at radius 1 is 1.25 bits per heavy atom. The fourth-order valence-electron chi connectivity index (χ4n) is 3.32. The van der Waals surface area contributed by atoms with E-state index in [0.29, 0.717) is 0 Å². The van der Waals surface area contributed by atoms with Crippen molar-refractivity contribution in [2.75, 3.05) is 6.54 Å². The number of hydrogen-bond acceptors (Lipinski definition) is 3. The summed E-state index contributed by atoms with van der Waals surface area (Å²) in [6.07, 6.45) is 11.2. The van der Waals surface area contributed by atoms with Crippen molar-refractivity contribution in [2.24, 2.45) is 7.05 Å². The van der Waals surface area contributed by atoms with E-state index in [0.717, 1.165) is 36.2 Å². The molecule has 0 spiro atoms. The summed E-state index contributed by atoms with van der Waals surface area (Å²) in [5.74, 6) is 0.0820. The highest BCUT2D eigenvalue weighted by atomic mass is 16.2. The maximum Gasteiger partial charge on any atom is 0.254 e. The van der Waals surface area contributed by atoms with Gasteiger partial charge in [-0.2, -0.15) is 5.10 Å². The highest BCUT2D eigenvalue weighted by Crippen LogP contribution is 2.32. The van der Waals surface area contributed by atoms with Crippen LogP contribution in [-0.2, 0) is 7.05 Å². The fourth-order valence-corrected chi connectivity index (χ4v) is 3.32. The first-order valence-corrected chi connectivity index (χ1v) is 8.10. The van der Waals surface area contributed by atoms with E-state index in [1.54, 1.807) is 17.2 Å². The molecule has 4 rings (SSSR count). The number of nitrogens with zero attached hydrogens (tertiary/aromatic N) is 5. The van der Waals surface area contributed by atoms with E-state index >= 15 is 0 Å². The van der Waals surface area contributed by atoms with Crippen LogP contribution in [0.5, 0.6) is 0 Å². The minimum Gasteiger partial charge on any atom is -0.331 e. The smallest absolute Gasteiger partial charge is 0.254 e. The number of rotatable bonds is 3. The van der Waals surface area contributed by atoms with Gasteiger partial charge in [-0.3, -0.25) is 9.48 Å². The largest absolute Gasteiger partial charge is 0.331 e. The van der Waals surface area contributed by atoms with Gasteiger partial charge in [0.2, 0.25) is 0 Å². The molecule has 3 heterocycles. The van der Waals surface area contributed by atoms with E-state index in [9.17, 15) is 4.79 Å². The van der Waals surface area contributed by atoms with E-state index in [1.807, 2.05) is 59.4 Å². The van der Waals surface area contributed by atoms with Gasteiger partial charge in [0.05, 0.1) is 18.6 Å². The topological polar surface area (TPSA) is 56.0 Å². The van der Waals surface area contributed by atoms with Gasteiger partial charge in [0.25, 0.3) is 5.91 Å². The van der Waals surface area contributed by atoms with Gasteiger partial charge in [-0.15, -0.1) is 0 Å². The molecule has 0 bridgehead atoms. The Kier molecular flexibility index (Phi) is 3.65. The van der Waals surface area contributed by atoms with E-state index in [-0.39, 0.29) is 11.9 Å². The second-order valence-electron chi connectivity index (χ2n) is 6.12. The zero-order valence-electron chi connectivity index (χ0n) is 13.5. The van der Waals surface area contributed by atoms with Gasteiger partial charge in [0.1, 0.15) is 0 Å². The quantitative estimate of drug-likeness (QED) is 0.745. The van der Waals surface area contributed by atoms with Gasteiger partial charge >= 0.3 is 0 Å². The van der Waals surface area contributed by atoms with Gasteiger partial charge < -0.3 is 9.47 Å². The van der Waals surface area contributed by atoms with Gasteiger partial charge in [0, 0.05) is 49.0 Å². The van der Waals surface area contributed by atoms with E-state index in [4.69, 9.17) is 0 Å². The number of aryl methyl sites for hydroxylation is 1. The molecule has 0 radical (unpaired) electrons. The van der Waals surface area contributed by atoms with Crippen LogP contribution in [0.25, 0.3) is 5.69 Å². The third kappa shape index (κ3) is 2.60. The summed E-state index contributed by atoms with van der Waals surface area (Å²) in [5.41, 5.74) is 2.82. The summed E-state index contributed by atoms with van der Waals surface area (Å²) in [4.78, 5) is 18.9. The van der Waals surface area contributed by atoms with Gasteiger partial charge in [-0.05, 0) is 37.1 Å². The van der Waals surface area contributed by atoms with Crippen LogP contribution in [0.2, 0.25) is 0 Å². The lowest BCUT2D eigenvalue weighted by atomic mass is 10.1. The van der Waals surface area contributed by atoms with Gasteiger partial charge in [0.15, 0.2) is 0 Å². The lowest BCUT2D eigenvalue weighted by molar-refractivity contribution is 0.0735. The first-order chi connectivity index (χ1) is 11.7. The number of imidazole rings is 1. The molecule has 6 nitrogen and oxygen atoms in total. The molecule has 122 valence electrons. The van der Waals surface area contributed by atoms with Crippen LogP contribution in [0.1, 0.15) is 34.8 Å². The highest BCUT2D eigenvalue weighted by molar-refractivity contribution is 5.94. The molecule has 1 aliphatic heterocycles. The van der Waals surface area contributed by atoms with Crippen LogP contribution < -0.4 is 0 Å². The average Bonchev–Trinajstić information content (AvgIpc) is 3.35. The predicted molar refractivity (Wildman–Crippen MR) is 89.8 cm³/mol. The molecule has 1 atom stereocenters. The maximum absolute atomic E-state index is 12.9. The third-order valence-electron chi connectivity index (χ3n) is 4.54. The second-order valence-corrected chi connectivity index (χ2v) is 6.12. The van der Waals surface area contributed by atoms with Crippen molar-refractivity contribution < 1.29 is 4.79 Å². The molecule has 1 aliphatic rings. The lowest BCUT2D eigenvalue weighted by Crippen LogP contribution is -2.30. The van der Waals surface area contributed by atoms with Crippen molar-refractivity contribution >= 4 is 5.91 Å². The van der Waals surface area contributed by atoms with Crippen LogP contribution in [0.15, 0.2) is 55.4 Å². The van der Waals surface area contributed by atoms with E-state index in [2.05, 4.69) is 10.1 Å². The Balaban J connectivity index is 1.56. The molecule has 1 amide bonds. The molecule has 0 aliphatic carbocycles. The van der Waals surface area contributed by atoms with Crippen LogP contribution in [0, 0.1) is 0 Å². The second kappa shape index (κ2) is 5.96. The van der Waals surface area contributed by atoms with E-state index in [1.165, 1.54) is 0 Å². The average molecular weight is 321 g/mol. The maximum atomic E-state index is 12.9. The molecule has 1 saturated heterocycles. The molecule has 3 aromatic rings. The number of hydrogen-bond donors (Lipinski definition) is 0. The molecule has 1 unspecified atom stereocenters. The normalized spacial score (nSPS) is 17.4. The summed E-state index contributed by atoms with van der Waals surface area (Å²) in [5, 5.41) is 4.24. The Hall–Kier alpha value is -2.89.